The van der Waals surface area contributed by atoms with Gasteiger partial charge in [-0.15, -0.1) is 0 Å². The molecule has 2 atom stereocenters. The Morgan fingerprint density at radius 2 is 2.31 bits per heavy atom. The Morgan fingerprint density at radius 3 is 3.00 bits per heavy atom. The maximum absolute atomic E-state index is 12.8. The SMILES string of the molecule is CC(C)CCNC(=O)C1=CC2=NC(=S)N(CC3CCCO3)C(=O)C2C=C1. The van der Waals surface area contributed by atoms with Gasteiger partial charge in [-0.2, -0.15) is 0 Å². The number of amides is 2. The minimum Gasteiger partial charge on any atom is -0.376 e. The number of thiocarbonyl (C=S) groups is 1. The van der Waals surface area contributed by atoms with Crippen molar-refractivity contribution in [1.82, 2.24) is 10.2 Å². The van der Waals surface area contributed by atoms with Crippen molar-refractivity contribution in [3.05, 3.63) is 23.8 Å². The zero-order valence-corrected chi connectivity index (χ0v) is 16.1. The van der Waals surface area contributed by atoms with Crippen LogP contribution < -0.4 is 5.32 Å². The smallest absolute Gasteiger partial charge is 0.251 e. The van der Waals surface area contributed by atoms with Crippen LogP contribution >= 0.6 is 12.2 Å². The molecule has 0 saturated carbocycles. The van der Waals surface area contributed by atoms with Gasteiger partial charge in [0.25, 0.3) is 5.91 Å². The first kappa shape index (κ1) is 18.9. The molecule has 1 aliphatic carbocycles. The molecule has 2 heterocycles. The predicted octanol–water partition coefficient (Wildman–Crippen LogP) is 2.01. The van der Waals surface area contributed by atoms with Crippen LogP contribution in [0.3, 0.4) is 0 Å². The third-order valence-electron chi connectivity index (χ3n) is 4.76. The van der Waals surface area contributed by atoms with E-state index < -0.39 is 5.92 Å². The Kier molecular flexibility index (Phi) is 5.98. The molecular formula is C19H25N3O3S. The Morgan fingerprint density at radius 1 is 1.50 bits per heavy atom. The summed E-state index contributed by atoms with van der Waals surface area (Å²) >= 11 is 5.32. The van der Waals surface area contributed by atoms with Crippen molar-refractivity contribution in [2.24, 2.45) is 16.8 Å². The van der Waals surface area contributed by atoms with Gasteiger partial charge in [0.2, 0.25) is 11.0 Å². The first-order valence-corrected chi connectivity index (χ1v) is 9.60. The highest BCUT2D eigenvalue weighted by atomic mass is 32.1. The standard InChI is InChI=1S/C19H25N3O3S/c1-12(2)7-8-20-17(23)13-5-6-15-16(10-13)21-19(26)22(18(15)24)11-14-4-3-9-25-14/h5-6,10,12,14-15H,3-4,7-9,11H2,1-2H3,(H,20,23). The van der Waals surface area contributed by atoms with Gasteiger partial charge >= 0.3 is 0 Å². The van der Waals surface area contributed by atoms with E-state index >= 15 is 0 Å². The average molecular weight is 375 g/mol. The van der Waals surface area contributed by atoms with Gasteiger partial charge in [-0.25, -0.2) is 4.99 Å². The molecule has 26 heavy (non-hydrogen) atoms. The third-order valence-corrected chi connectivity index (χ3v) is 5.07. The number of carbonyl (C=O) groups excluding carboxylic acids is 2. The fourth-order valence-corrected chi connectivity index (χ4v) is 3.49. The zero-order valence-electron chi connectivity index (χ0n) is 15.2. The molecule has 140 valence electrons. The lowest BCUT2D eigenvalue weighted by Crippen LogP contribution is -2.49. The molecule has 0 aromatic rings. The first-order chi connectivity index (χ1) is 12.5. The molecule has 2 unspecified atom stereocenters. The molecule has 2 amide bonds. The minimum absolute atomic E-state index is 0.0269. The van der Waals surface area contributed by atoms with Crippen LogP contribution in [0.1, 0.15) is 33.1 Å². The molecule has 1 N–H and O–H groups in total. The van der Waals surface area contributed by atoms with Crippen LogP contribution in [0, 0.1) is 11.8 Å². The number of carbonyl (C=O) groups is 2. The van der Waals surface area contributed by atoms with E-state index in [1.807, 2.05) is 0 Å². The molecule has 3 rings (SSSR count). The van der Waals surface area contributed by atoms with Crippen LogP contribution in [0.4, 0.5) is 0 Å². The van der Waals surface area contributed by atoms with Gasteiger partial charge in [-0.05, 0) is 43.5 Å². The van der Waals surface area contributed by atoms with Gasteiger partial charge in [0, 0.05) is 18.7 Å². The van der Waals surface area contributed by atoms with E-state index in [1.54, 1.807) is 18.2 Å². The van der Waals surface area contributed by atoms with Gasteiger partial charge in [0.05, 0.1) is 24.3 Å². The monoisotopic (exact) mass is 375 g/mol. The first-order valence-electron chi connectivity index (χ1n) is 9.19. The molecule has 3 aliphatic rings. The number of fused-ring (bicyclic) bond motifs is 1. The summed E-state index contributed by atoms with van der Waals surface area (Å²) in [5.74, 6) is -0.191. The Balaban J connectivity index is 1.68. The summed E-state index contributed by atoms with van der Waals surface area (Å²) < 4.78 is 5.61. The van der Waals surface area contributed by atoms with E-state index in [0.29, 0.717) is 30.3 Å². The number of nitrogens with zero attached hydrogens (tertiary/aromatic N) is 2. The van der Waals surface area contributed by atoms with E-state index in [1.165, 1.54) is 4.90 Å². The minimum atomic E-state index is -0.477. The topological polar surface area (TPSA) is 71.0 Å². The molecule has 0 radical (unpaired) electrons. The second-order valence-electron chi connectivity index (χ2n) is 7.28. The fraction of sp³-hybridized carbons (Fsp3) is 0.579. The summed E-state index contributed by atoms with van der Waals surface area (Å²) in [6.07, 6.45) is 8.00. The number of hydrogen-bond acceptors (Lipinski definition) is 4. The van der Waals surface area contributed by atoms with Crippen LogP contribution in [0.5, 0.6) is 0 Å². The summed E-state index contributed by atoms with van der Waals surface area (Å²) in [4.78, 5) is 31.0. The van der Waals surface area contributed by atoms with Gasteiger partial charge in [-0.3, -0.25) is 14.5 Å². The number of nitrogens with one attached hydrogen (secondary N) is 1. The van der Waals surface area contributed by atoms with Crippen LogP contribution in [0.25, 0.3) is 0 Å². The van der Waals surface area contributed by atoms with Crippen LogP contribution in [-0.4, -0.2) is 53.3 Å². The lowest BCUT2D eigenvalue weighted by atomic mass is 9.91. The van der Waals surface area contributed by atoms with E-state index in [-0.39, 0.29) is 23.0 Å². The summed E-state index contributed by atoms with van der Waals surface area (Å²) in [6, 6.07) is 0. The van der Waals surface area contributed by atoms with Crippen molar-refractivity contribution in [2.45, 2.75) is 39.2 Å². The lowest BCUT2D eigenvalue weighted by Gasteiger charge is -2.32. The van der Waals surface area contributed by atoms with Crippen LogP contribution in [0.15, 0.2) is 28.8 Å². The molecule has 2 aliphatic heterocycles. The highest BCUT2D eigenvalue weighted by molar-refractivity contribution is 7.80. The van der Waals surface area contributed by atoms with Gasteiger partial charge in [0.15, 0.2) is 0 Å². The predicted molar refractivity (Wildman–Crippen MR) is 104 cm³/mol. The van der Waals surface area contributed by atoms with Crippen molar-refractivity contribution in [3.63, 3.8) is 0 Å². The Hall–Kier alpha value is -1.86. The maximum Gasteiger partial charge on any atom is 0.251 e. The summed E-state index contributed by atoms with van der Waals surface area (Å²) in [5, 5.41) is 3.15. The molecule has 7 heteroatoms. The molecule has 0 spiro atoms. The Bertz CT molecular complexity index is 690. The van der Waals surface area contributed by atoms with Crippen molar-refractivity contribution in [3.8, 4) is 0 Å². The number of aliphatic imine (C=N–C) groups is 1. The van der Waals surface area contributed by atoms with Gasteiger partial charge in [0.1, 0.15) is 0 Å². The highest BCUT2D eigenvalue weighted by Crippen LogP contribution is 2.24. The van der Waals surface area contributed by atoms with E-state index in [0.717, 1.165) is 25.9 Å². The molecule has 1 saturated heterocycles. The molecule has 0 aromatic heterocycles. The zero-order chi connectivity index (χ0) is 18.7. The van der Waals surface area contributed by atoms with Gasteiger partial charge in [-0.1, -0.05) is 26.0 Å². The number of rotatable bonds is 6. The maximum atomic E-state index is 12.8. The van der Waals surface area contributed by atoms with Gasteiger partial charge < -0.3 is 10.1 Å². The van der Waals surface area contributed by atoms with Crippen molar-refractivity contribution in [1.29, 1.82) is 0 Å². The van der Waals surface area contributed by atoms with Crippen molar-refractivity contribution < 1.29 is 14.3 Å². The second kappa shape index (κ2) is 8.22. The number of hydrogen-bond donors (Lipinski definition) is 1. The van der Waals surface area contributed by atoms with E-state index in [2.05, 4.69) is 24.2 Å². The second-order valence-corrected chi connectivity index (χ2v) is 7.64. The van der Waals surface area contributed by atoms with E-state index in [9.17, 15) is 9.59 Å². The summed E-state index contributed by atoms with van der Waals surface area (Å²) in [7, 11) is 0. The largest absolute Gasteiger partial charge is 0.376 e. The average Bonchev–Trinajstić information content (AvgIpc) is 3.11. The number of ether oxygens (including phenoxy) is 1. The fourth-order valence-electron chi connectivity index (χ4n) is 3.22. The summed E-state index contributed by atoms with van der Waals surface area (Å²) in [6.45, 7) is 6.04. The Labute approximate surface area is 159 Å². The van der Waals surface area contributed by atoms with Crippen molar-refractivity contribution in [2.75, 3.05) is 19.7 Å². The summed E-state index contributed by atoms with van der Waals surface area (Å²) in [5.41, 5.74) is 1.05. The van der Waals surface area contributed by atoms with E-state index in [4.69, 9.17) is 17.0 Å². The number of allylic oxidation sites excluding steroid dienone is 1. The van der Waals surface area contributed by atoms with Crippen molar-refractivity contribution >= 4 is 34.9 Å². The quantitative estimate of drug-likeness (QED) is 0.721. The third kappa shape index (κ3) is 4.27. The highest BCUT2D eigenvalue weighted by Gasteiger charge is 2.36. The molecule has 1 fully saturated rings. The molecule has 6 nitrogen and oxygen atoms in total. The lowest BCUT2D eigenvalue weighted by molar-refractivity contribution is -0.129. The van der Waals surface area contributed by atoms with Crippen LogP contribution in [0.2, 0.25) is 0 Å². The van der Waals surface area contributed by atoms with Crippen LogP contribution in [-0.2, 0) is 14.3 Å². The molecule has 0 bridgehead atoms. The molecule has 0 aromatic carbocycles. The molecular weight excluding hydrogens is 350 g/mol. The normalized spacial score (nSPS) is 25.3.